The molecular weight excluding hydrogens is 199 g/mol. The fourth-order valence-electron chi connectivity index (χ4n) is 0.644. The lowest BCUT2D eigenvalue weighted by Gasteiger charge is -2.04. The summed E-state index contributed by atoms with van der Waals surface area (Å²) >= 11 is 11.3. The van der Waals surface area contributed by atoms with Crippen LogP contribution in [0.4, 0.5) is 0 Å². The number of ether oxygens (including phenoxy) is 2. The predicted molar refractivity (Wildman–Crippen MR) is 47.8 cm³/mol. The number of methoxy groups -OCH3 is 1. The van der Waals surface area contributed by atoms with E-state index in [-0.39, 0.29) is 6.79 Å². The van der Waals surface area contributed by atoms with Gasteiger partial charge in [-0.3, -0.25) is 0 Å². The monoisotopic (exact) mass is 205 g/mol. The van der Waals surface area contributed by atoms with Gasteiger partial charge < -0.3 is 9.47 Å². The summed E-state index contributed by atoms with van der Waals surface area (Å²) in [6, 6.07) is 5.94. The van der Waals surface area contributed by atoms with Gasteiger partial charge in [0, 0.05) is 19.2 Å². The third kappa shape index (κ3) is 2.55. The molecule has 0 unspecified atom stereocenters. The Hall–Kier alpha value is -0.440. The van der Waals surface area contributed by atoms with Gasteiger partial charge in [-0.1, -0.05) is 23.2 Å². The molecule has 4 heteroatoms. The maximum atomic E-state index is 5.71. The summed E-state index contributed by atoms with van der Waals surface area (Å²) in [5, 5.41) is 0.812. The second-order valence-corrected chi connectivity index (χ2v) is 2.83. The molecule has 0 saturated carbocycles. The third-order valence-corrected chi connectivity index (χ3v) is 1.87. The first kappa shape index (κ1) is 9.65. The highest BCUT2D eigenvalue weighted by Gasteiger charge is 1.99. The van der Waals surface area contributed by atoms with Crippen molar-refractivity contribution in [2.45, 2.75) is 0 Å². The summed E-state index contributed by atoms with van der Waals surface area (Å²) in [5.41, 5.74) is 0. The van der Waals surface area contributed by atoms with E-state index in [9.17, 15) is 0 Å². The Morgan fingerprint density at radius 2 is 2.25 bits per heavy atom. The second-order valence-electron chi connectivity index (χ2n) is 2.05. The van der Waals surface area contributed by atoms with Gasteiger partial charge in [-0.15, -0.1) is 0 Å². The lowest BCUT2D eigenvalue weighted by molar-refractivity contribution is 0.0511. The molecule has 0 aliphatic heterocycles. The summed E-state index contributed by atoms with van der Waals surface area (Å²) in [6.45, 7) is 0.186. The van der Waals surface area contributed by atoms with Crippen LogP contribution in [0.3, 0.4) is 0 Å². The van der Waals surface area contributed by atoms with E-state index in [0.717, 1.165) is 0 Å². The van der Waals surface area contributed by atoms with Crippen LogP contribution in [0.25, 0.3) is 0 Å². The zero-order valence-electron chi connectivity index (χ0n) is 6.43. The predicted octanol–water partition coefficient (Wildman–Crippen LogP) is 2.78. The van der Waals surface area contributed by atoms with Crippen LogP contribution in [0.1, 0.15) is 0 Å². The van der Waals surface area contributed by atoms with Crippen molar-refractivity contribution in [3.8, 4) is 5.75 Å². The molecule has 0 fully saturated rings. The van der Waals surface area contributed by atoms with E-state index in [4.69, 9.17) is 32.7 Å². The Morgan fingerprint density at radius 1 is 1.50 bits per heavy atom. The summed E-state index contributed by atoms with van der Waals surface area (Å²) in [5.74, 6) is 0.589. The SMILES string of the molecule is COCOc1c[c]c(Cl)c(Cl)c1. The van der Waals surface area contributed by atoms with Gasteiger partial charge in [0.1, 0.15) is 5.75 Å². The smallest absolute Gasteiger partial charge is 0.188 e. The van der Waals surface area contributed by atoms with Gasteiger partial charge in [0.05, 0.1) is 10.0 Å². The van der Waals surface area contributed by atoms with Crippen molar-refractivity contribution in [3.63, 3.8) is 0 Å². The number of benzene rings is 1. The quantitative estimate of drug-likeness (QED) is 0.708. The molecule has 0 aliphatic carbocycles. The average Bonchev–Trinajstić information content (AvgIpc) is 2.07. The van der Waals surface area contributed by atoms with E-state index in [1.54, 1.807) is 19.2 Å². The zero-order valence-corrected chi connectivity index (χ0v) is 7.95. The highest BCUT2D eigenvalue weighted by Crippen LogP contribution is 2.25. The molecular formula is C8H7Cl2O2. The average molecular weight is 206 g/mol. The fraction of sp³-hybridized carbons (Fsp3) is 0.250. The van der Waals surface area contributed by atoms with Crippen molar-refractivity contribution >= 4 is 23.2 Å². The Balaban J connectivity index is 2.69. The molecule has 12 heavy (non-hydrogen) atoms. The van der Waals surface area contributed by atoms with Crippen molar-refractivity contribution in [3.05, 3.63) is 28.2 Å². The molecule has 1 aromatic rings. The summed E-state index contributed by atoms with van der Waals surface area (Å²) in [6.07, 6.45) is 0. The van der Waals surface area contributed by atoms with Crippen molar-refractivity contribution in [1.82, 2.24) is 0 Å². The molecule has 0 amide bonds. The third-order valence-electron chi connectivity index (χ3n) is 1.16. The molecule has 1 aromatic carbocycles. The fourth-order valence-corrected chi connectivity index (χ4v) is 0.915. The minimum absolute atomic E-state index is 0.186. The van der Waals surface area contributed by atoms with Crippen LogP contribution in [-0.2, 0) is 4.74 Å². The highest BCUT2D eigenvalue weighted by molar-refractivity contribution is 6.41. The van der Waals surface area contributed by atoms with Crippen LogP contribution in [0.2, 0.25) is 10.0 Å². The molecule has 2 nitrogen and oxygen atoms in total. The van der Waals surface area contributed by atoms with E-state index in [0.29, 0.717) is 15.8 Å². The van der Waals surface area contributed by atoms with Gasteiger partial charge in [0.15, 0.2) is 6.79 Å². The van der Waals surface area contributed by atoms with Gasteiger partial charge in [-0.05, 0) is 6.07 Å². The van der Waals surface area contributed by atoms with E-state index < -0.39 is 0 Å². The van der Waals surface area contributed by atoms with Crippen LogP contribution in [-0.4, -0.2) is 13.9 Å². The number of halogens is 2. The molecule has 1 rings (SSSR count). The van der Waals surface area contributed by atoms with Gasteiger partial charge in [0.2, 0.25) is 0 Å². The standard InChI is InChI=1S/C8H7Cl2O2/c1-11-5-12-6-2-3-7(9)8(10)4-6/h2,4H,5H2,1H3. The topological polar surface area (TPSA) is 18.5 Å². The van der Waals surface area contributed by atoms with Crippen molar-refractivity contribution in [2.24, 2.45) is 0 Å². The van der Waals surface area contributed by atoms with Crippen LogP contribution >= 0.6 is 23.2 Å². The van der Waals surface area contributed by atoms with E-state index >= 15 is 0 Å². The Morgan fingerprint density at radius 3 is 2.83 bits per heavy atom. The van der Waals surface area contributed by atoms with E-state index in [1.165, 1.54) is 0 Å². The molecule has 65 valence electrons. The first-order chi connectivity index (χ1) is 5.74. The minimum atomic E-state index is 0.186. The summed E-state index contributed by atoms with van der Waals surface area (Å²) in [7, 11) is 1.54. The van der Waals surface area contributed by atoms with Crippen LogP contribution in [0.5, 0.6) is 5.75 Å². The second kappa shape index (κ2) is 4.55. The van der Waals surface area contributed by atoms with Crippen molar-refractivity contribution in [1.29, 1.82) is 0 Å². The largest absolute Gasteiger partial charge is 0.467 e. The van der Waals surface area contributed by atoms with Crippen LogP contribution in [0.15, 0.2) is 12.1 Å². The molecule has 0 aliphatic rings. The van der Waals surface area contributed by atoms with Crippen LogP contribution < -0.4 is 4.74 Å². The Bertz CT molecular complexity index is 263. The van der Waals surface area contributed by atoms with Gasteiger partial charge >= 0.3 is 0 Å². The maximum Gasteiger partial charge on any atom is 0.188 e. The van der Waals surface area contributed by atoms with Crippen LogP contribution in [0, 0.1) is 6.07 Å². The van der Waals surface area contributed by atoms with Gasteiger partial charge in [-0.25, -0.2) is 0 Å². The van der Waals surface area contributed by atoms with Gasteiger partial charge in [0.25, 0.3) is 0 Å². The number of hydrogen-bond donors (Lipinski definition) is 0. The normalized spacial score (nSPS) is 9.92. The number of hydrogen-bond acceptors (Lipinski definition) is 2. The summed E-state index contributed by atoms with van der Waals surface area (Å²) in [4.78, 5) is 0. The molecule has 0 bridgehead atoms. The number of rotatable bonds is 3. The Kier molecular flexibility index (Phi) is 3.66. The first-order valence-electron chi connectivity index (χ1n) is 3.22. The first-order valence-corrected chi connectivity index (χ1v) is 3.98. The van der Waals surface area contributed by atoms with Gasteiger partial charge in [-0.2, -0.15) is 0 Å². The molecule has 0 atom stereocenters. The van der Waals surface area contributed by atoms with E-state index in [2.05, 4.69) is 6.07 Å². The zero-order chi connectivity index (χ0) is 8.97. The van der Waals surface area contributed by atoms with Crippen molar-refractivity contribution in [2.75, 3.05) is 13.9 Å². The molecule has 0 saturated heterocycles. The molecule has 1 radical (unpaired) electrons. The molecule has 0 heterocycles. The van der Waals surface area contributed by atoms with Crippen molar-refractivity contribution < 1.29 is 9.47 Å². The molecule has 0 aromatic heterocycles. The lowest BCUT2D eigenvalue weighted by atomic mass is 10.3. The van der Waals surface area contributed by atoms with E-state index in [1.807, 2.05) is 0 Å². The lowest BCUT2D eigenvalue weighted by Crippen LogP contribution is -1.98. The summed E-state index contributed by atoms with van der Waals surface area (Å²) < 4.78 is 9.80. The molecule has 0 spiro atoms. The minimum Gasteiger partial charge on any atom is -0.467 e. The molecule has 0 N–H and O–H groups in total. The highest BCUT2D eigenvalue weighted by atomic mass is 35.5. The maximum absolute atomic E-state index is 5.71. The Labute approximate surface area is 81.0 Å².